The van der Waals surface area contributed by atoms with Crippen LogP contribution >= 0.6 is 34.9 Å². The van der Waals surface area contributed by atoms with Gasteiger partial charge < -0.3 is 40.4 Å². The largest absolute Gasteiger partial charge is 0.469 e. The van der Waals surface area contributed by atoms with Gasteiger partial charge in [0, 0.05) is 81.2 Å². The SMILES string of the molecule is CC[C@H](C)[C@H](CC(=O)C(C)(C)N(C)C)C(=O)N(C)[C@H](C[C@@H](OC(C)=O)c1nc(C(=O)N[C@@H](Cc2ccc3c(c2)NC(=O)CCCNC(=O)C2SCSC2C(=O)NCCCC(=O)O3)CC(C)C(=O)OC)cs1)C(C)C. The van der Waals surface area contributed by atoms with Crippen molar-refractivity contribution in [3.63, 3.8) is 0 Å². The lowest BCUT2D eigenvalue weighted by Gasteiger charge is -2.38. The fourth-order valence-corrected chi connectivity index (χ4v) is 12.5. The van der Waals surface area contributed by atoms with Gasteiger partial charge in [0.15, 0.2) is 17.6 Å². The van der Waals surface area contributed by atoms with Crippen LogP contribution in [0.25, 0.3) is 0 Å². The minimum Gasteiger partial charge on any atom is -0.469 e. The van der Waals surface area contributed by atoms with Crippen molar-refractivity contribution in [2.75, 3.05) is 51.7 Å². The highest BCUT2D eigenvalue weighted by molar-refractivity contribution is 8.20. The van der Waals surface area contributed by atoms with Gasteiger partial charge >= 0.3 is 17.9 Å². The molecule has 1 fully saturated rings. The molecule has 2 aliphatic rings. The van der Waals surface area contributed by atoms with Crippen LogP contribution in [0.5, 0.6) is 5.75 Å². The number of esters is 3. The molecule has 2 aliphatic heterocycles. The zero-order chi connectivity index (χ0) is 55.0. The van der Waals surface area contributed by atoms with Crippen molar-refractivity contribution >= 4 is 93.8 Å². The molecule has 1 saturated heterocycles. The standard InChI is InChI=1S/C52H77N7O12S3/c1-13-30(4)35(25-41(61)52(7,8)58(9)10)50(67)59(11)38(29(2)3)26-40(70-32(6)60)49-57-37(27-72-49)46(64)55-34(22-31(5)51(68)69-12)23-33-18-19-39-36(24-33)56-42(62)16-14-20-53-47(65)44-45(74-28-73-44)48(66)54-21-15-17-43(63)71-39/h18-19,24,27,29-31,34-35,38,40,44-45H,13-17,20-23,25-26,28H2,1-12H3,(H,53,65)(H,54,66)(H,55,64)(H,56,62)/t30-,31?,34+,35-,38+,40+,44?,45?/m0/s1. The van der Waals surface area contributed by atoms with Crippen LogP contribution in [-0.2, 0) is 54.3 Å². The topological polar surface area (TPSA) is 249 Å². The van der Waals surface area contributed by atoms with Crippen molar-refractivity contribution in [2.45, 2.75) is 147 Å². The van der Waals surface area contributed by atoms with Crippen molar-refractivity contribution in [1.29, 1.82) is 0 Å². The first kappa shape index (κ1) is 61.5. The molecule has 0 bridgehead atoms. The van der Waals surface area contributed by atoms with Gasteiger partial charge in [-0.25, -0.2) is 4.98 Å². The number of hydrogen-bond donors (Lipinski definition) is 4. The quantitative estimate of drug-likeness (QED) is 0.0884. The molecular formula is C52H77N7O12S3. The summed E-state index contributed by atoms with van der Waals surface area (Å²) in [6.07, 6.45) is 0.800. The number of ketones is 1. The van der Waals surface area contributed by atoms with Crippen molar-refractivity contribution in [3.05, 3.63) is 39.8 Å². The van der Waals surface area contributed by atoms with Crippen LogP contribution in [0.3, 0.4) is 0 Å². The third-order valence-corrected chi connectivity index (χ3v) is 17.8. The van der Waals surface area contributed by atoms with Crippen LogP contribution in [0.15, 0.2) is 23.6 Å². The average molecular weight is 1090 g/mol. The van der Waals surface area contributed by atoms with Gasteiger partial charge in [0.1, 0.15) is 21.2 Å². The Balaban J connectivity index is 1.57. The Kier molecular flexibility index (Phi) is 23.9. The molecule has 0 spiro atoms. The number of aromatic nitrogens is 1. The molecule has 0 aliphatic carbocycles. The van der Waals surface area contributed by atoms with E-state index < -0.39 is 75.8 Å². The van der Waals surface area contributed by atoms with Gasteiger partial charge in [0.2, 0.25) is 23.6 Å². The minimum absolute atomic E-state index is 0.0152. The Labute approximate surface area is 448 Å². The number of methoxy groups -OCH3 is 1. The second-order valence-electron chi connectivity index (χ2n) is 20.2. The number of ether oxygens (including phenoxy) is 3. The van der Waals surface area contributed by atoms with Crippen molar-refractivity contribution < 1.29 is 57.4 Å². The van der Waals surface area contributed by atoms with Crippen LogP contribution in [-0.4, -0.2) is 143 Å². The number of thioether (sulfide) groups is 2. The summed E-state index contributed by atoms with van der Waals surface area (Å²) >= 11 is 3.89. The van der Waals surface area contributed by atoms with Crippen LogP contribution < -0.4 is 26.0 Å². The number of likely N-dealkylation sites (N-methyl/N-ethyl adjacent to an activating group) is 1. The molecule has 1 aromatic carbocycles. The third-order valence-electron chi connectivity index (χ3n) is 13.9. The number of amides is 5. The number of hydrogen-bond acceptors (Lipinski definition) is 17. The van der Waals surface area contributed by atoms with E-state index in [2.05, 4.69) is 26.3 Å². The molecule has 4 rings (SSSR count). The van der Waals surface area contributed by atoms with E-state index in [1.54, 1.807) is 36.4 Å². The van der Waals surface area contributed by atoms with Gasteiger partial charge in [-0.05, 0) is 83.2 Å². The molecule has 5 amide bonds. The molecule has 0 radical (unpaired) electrons. The first-order valence-corrected chi connectivity index (χ1v) is 28.3. The second-order valence-corrected chi connectivity index (χ2v) is 23.7. The number of carbonyl (C=O) groups excluding carboxylic acids is 9. The number of carbonyl (C=O) groups is 9. The smallest absolute Gasteiger partial charge is 0.311 e. The summed E-state index contributed by atoms with van der Waals surface area (Å²) in [5.41, 5.74) is 0.0463. The van der Waals surface area contributed by atoms with Gasteiger partial charge in [-0.3, -0.25) is 48.1 Å². The lowest BCUT2D eigenvalue weighted by Crippen LogP contribution is -2.50. The highest BCUT2D eigenvalue weighted by Gasteiger charge is 2.41. The Morgan fingerprint density at radius 2 is 1.57 bits per heavy atom. The maximum atomic E-state index is 14.4. The Hall–Kier alpha value is -5.06. The van der Waals surface area contributed by atoms with Gasteiger partial charge in [0.05, 0.1) is 24.3 Å². The summed E-state index contributed by atoms with van der Waals surface area (Å²) < 4.78 is 16.6. The number of rotatable bonds is 20. The molecule has 2 aromatic rings. The molecule has 8 atom stereocenters. The summed E-state index contributed by atoms with van der Waals surface area (Å²) in [5.74, 6) is -4.79. The van der Waals surface area contributed by atoms with Crippen LogP contribution in [0.4, 0.5) is 5.69 Å². The van der Waals surface area contributed by atoms with Crippen LogP contribution in [0, 0.1) is 23.7 Å². The number of fused-ring (bicyclic) bond motifs is 2. The minimum atomic E-state index is -0.933. The van der Waals surface area contributed by atoms with E-state index in [0.29, 0.717) is 28.5 Å². The summed E-state index contributed by atoms with van der Waals surface area (Å²) in [7, 11) is 6.65. The summed E-state index contributed by atoms with van der Waals surface area (Å²) in [5, 5.41) is 12.8. The van der Waals surface area contributed by atoms with E-state index in [-0.39, 0.29) is 111 Å². The molecule has 22 heteroatoms. The van der Waals surface area contributed by atoms with E-state index in [4.69, 9.17) is 14.2 Å². The third kappa shape index (κ3) is 17.5. The monoisotopic (exact) mass is 1090 g/mol. The number of thiazole rings is 1. The van der Waals surface area contributed by atoms with Crippen LogP contribution in [0.1, 0.15) is 134 Å². The molecule has 4 N–H and O–H groups in total. The predicted molar refractivity (Wildman–Crippen MR) is 287 cm³/mol. The van der Waals surface area contributed by atoms with E-state index in [1.165, 1.54) is 43.6 Å². The Bertz CT molecular complexity index is 2330. The van der Waals surface area contributed by atoms with E-state index >= 15 is 0 Å². The first-order chi connectivity index (χ1) is 34.9. The maximum Gasteiger partial charge on any atom is 0.311 e. The van der Waals surface area contributed by atoms with Crippen LogP contribution in [0.2, 0.25) is 0 Å². The number of Topliss-reactive ketones (excluding diaryl/α,β-unsaturated/α-hetero) is 1. The van der Waals surface area contributed by atoms with E-state index in [1.807, 2.05) is 60.5 Å². The van der Waals surface area contributed by atoms with Gasteiger partial charge in [0.25, 0.3) is 5.91 Å². The number of anilines is 1. The zero-order valence-electron chi connectivity index (χ0n) is 45.0. The Morgan fingerprint density at radius 1 is 0.932 bits per heavy atom. The summed E-state index contributed by atoms with van der Waals surface area (Å²) in [6.45, 7) is 14.9. The molecule has 19 nitrogen and oxygen atoms in total. The van der Waals surface area contributed by atoms with Crippen molar-refractivity contribution in [2.24, 2.45) is 23.7 Å². The molecule has 0 saturated carbocycles. The molecular weight excluding hydrogens is 1010 g/mol. The van der Waals surface area contributed by atoms with Crippen molar-refractivity contribution in [1.82, 2.24) is 30.7 Å². The fourth-order valence-electron chi connectivity index (χ4n) is 8.61. The average Bonchev–Trinajstić information content (AvgIpc) is 4.06. The fraction of sp³-hybridized carbons (Fsp3) is 0.654. The zero-order valence-corrected chi connectivity index (χ0v) is 47.4. The highest BCUT2D eigenvalue weighted by Crippen LogP contribution is 2.37. The van der Waals surface area contributed by atoms with Crippen molar-refractivity contribution in [3.8, 4) is 5.75 Å². The molecule has 410 valence electrons. The molecule has 1 aromatic heterocycles. The number of nitrogens with zero attached hydrogens (tertiary/aromatic N) is 3. The van der Waals surface area contributed by atoms with E-state index in [0.717, 1.165) is 11.3 Å². The molecule has 74 heavy (non-hydrogen) atoms. The normalized spacial score (nSPS) is 19.6. The molecule has 3 heterocycles. The predicted octanol–water partition coefficient (Wildman–Crippen LogP) is 5.95. The first-order valence-electron chi connectivity index (χ1n) is 25.3. The lowest BCUT2D eigenvalue weighted by molar-refractivity contribution is -0.150. The summed E-state index contributed by atoms with van der Waals surface area (Å²) in [6, 6.07) is 3.69. The van der Waals surface area contributed by atoms with Gasteiger partial charge in [-0.2, -0.15) is 0 Å². The van der Waals surface area contributed by atoms with Gasteiger partial charge in [-0.1, -0.05) is 47.1 Å². The van der Waals surface area contributed by atoms with Gasteiger partial charge in [-0.15, -0.1) is 34.9 Å². The number of nitrogens with one attached hydrogen (secondary N) is 4. The highest BCUT2D eigenvalue weighted by atomic mass is 32.2. The Morgan fingerprint density at radius 3 is 2.15 bits per heavy atom. The summed E-state index contributed by atoms with van der Waals surface area (Å²) in [4.78, 5) is 128. The maximum absolute atomic E-state index is 14.4. The lowest BCUT2D eigenvalue weighted by atomic mass is 9.81. The number of benzene rings is 1. The second kappa shape index (κ2) is 28.7. The molecule has 3 unspecified atom stereocenters. The van der Waals surface area contributed by atoms with E-state index in [9.17, 15) is 43.2 Å².